The van der Waals surface area contributed by atoms with Gasteiger partial charge in [-0.15, -0.1) is 0 Å². The van der Waals surface area contributed by atoms with Crippen LogP contribution in [0.1, 0.15) is 57.4 Å². The lowest BCUT2D eigenvalue weighted by Gasteiger charge is -2.30. The van der Waals surface area contributed by atoms with Crippen LogP contribution in [-0.2, 0) is 6.42 Å². The van der Waals surface area contributed by atoms with Gasteiger partial charge < -0.3 is 0 Å². The molecule has 0 spiro atoms. The Hall–Kier alpha value is 0.180. The fourth-order valence-electron chi connectivity index (χ4n) is 2.66. The maximum atomic E-state index is 3.75. The molecule has 0 aliphatic carbocycles. The Morgan fingerprint density at radius 2 is 1.45 bits per heavy atom. The minimum Gasteiger partial charge on any atom is -0.0922 e. The highest BCUT2D eigenvalue weighted by Gasteiger charge is 2.27. The second kappa shape index (κ2) is 10.8. The lowest BCUT2D eigenvalue weighted by molar-refractivity contribution is 0.337. The summed E-state index contributed by atoms with van der Waals surface area (Å²) in [6.45, 7) is 2.28. The molecule has 1 rings (SSSR count). The van der Waals surface area contributed by atoms with Gasteiger partial charge in [-0.25, -0.2) is 0 Å². The van der Waals surface area contributed by atoms with Gasteiger partial charge in [0.15, 0.2) is 0 Å². The average Bonchev–Trinajstić information content (AvgIpc) is 2.50. The summed E-state index contributed by atoms with van der Waals surface area (Å²) in [6, 6.07) is 10.9. The summed E-state index contributed by atoms with van der Waals surface area (Å²) in [5, 5.41) is 2.16. The smallest absolute Gasteiger partial charge is 0.00991 e. The monoisotopic (exact) mass is 402 g/mol. The molecule has 0 heterocycles. The van der Waals surface area contributed by atoms with Crippen LogP contribution in [0.4, 0.5) is 0 Å². The summed E-state index contributed by atoms with van der Waals surface area (Å²) < 4.78 is 0. The van der Waals surface area contributed by atoms with Crippen LogP contribution in [-0.4, -0.2) is 10.7 Å². The number of benzene rings is 1. The number of halogens is 2. The topological polar surface area (TPSA) is 0 Å². The first-order chi connectivity index (χ1) is 9.76. The van der Waals surface area contributed by atoms with Crippen LogP contribution in [0.3, 0.4) is 0 Å². The molecule has 114 valence electrons. The maximum Gasteiger partial charge on any atom is 0.00991 e. The summed E-state index contributed by atoms with van der Waals surface area (Å²) >= 11 is 7.51. The Labute approximate surface area is 142 Å². The molecule has 0 aliphatic heterocycles. The van der Waals surface area contributed by atoms with E-state index in [0.29, 0.717) is 5.41 Å². The fourth-order valence-corrected chi connectivity index (χ4v) is 4.55. The van der Waals surface area contributed by atoms with Crippen molar-refractivity contribution in [3.8, 4) is 0 Å². The predicted molar refractivity (Wildman–Crippen MR) is 98.2 cm³/mol. The number of rotatable bonds is 11. The van der Waals surface area contributed by atoms with Crippen LogP contribution < -0.4 is 0 Å². The zero-order chi connectivity index (χ0) is 14.7. The summed E-state index contributed by atoms with van der Waals surface area (Å²) in [6.07, 6.45) is 10.8. The van der Waals surface area contributed by atoms with Crippen LogP contribution in [0.15, 0.2) is 30.3 Å². The molecule has 0 N–H and O–H groups in total. The van der Waals surface area contributed by atoms with Crippen LogP contribution in [0.25, 0.3) is 0 Å². The highest BCUT2D eigenvalue weighted by molar-refractivity contribution is 9.09. The molecule has 0 radical (unpaired) electrons. The lowest BCUT2D eigenvalue weighted by atomic mass is 9.81. The molecule has 1 aromatic carbocycles. The summed E-state index contributed by atoms with van der Waals surface area (Å²) in [5.74, 6) is 0. The molecule has 0 saturated heterocycles. The zero-order valence-corrected chi connectivity index (χ0v) is 15.9. The van der Waals surface area contributed by atoms with Gasteiger partial charge in [-0.2, -0.15) is 0 Å². The maximum absolute atomic E-state index is 3.75. The molecule has 0 aromatic heterocycles. The van der Waals surface area contributed by atoms with Crippen molar-refractivity contribution >= 4 is 31.9 Å². The Kier molecular flexibility index (Phi) is 9.88. The minimum atomic E-state index is 0.367. The van der Waals surface area contributed by atoms with E-state index < -0.39 is 0 Å². The molecule has 1 aromatic rings. The molecule has 0 nitrogen and oxygen atoms in total. The summed E-state index contributed by atoms with van der Waals surface area (Å²) in [5.41, 5.74) is 1.82. The Bertz CT molecular complexity index is 331. The molecular formula is C18H28Br2. The molecule has 20 heavy (non-hydrogen) atoms. The van der Waals surface area contributed by atoms with Gasteiger partial charge in [0.1, 0.15) is 0 Å². The van der Waals surface area contributed by atoms with Gasteiger partial charge in [0.05, 0.1) is 0 Å². The van der Waals surface area contributed by atoms with E-state index in [2.05, 4.69) is 69.1 Å². The van der Waals surface area contributed by atoms with Gasteiger partial charge in [-0.05, 0) is 23.8 Å². The van der Waals surface area contributed by atoms with Crippen LogP contribution in [0.5, 0.6) is 0 Å². The summed E-state index contributed by atoms with van der Waals surface area (Å²) in [7, 11) is 0. The Morgan fingerprint density at radius 1 is 0.850 bits per heavy atom. The van der Waals surface area contributed by atoms with Crippen molar-refractivity contribution in [3.63, 3.8) is 0 Å². The number of alkyl halides is 2. The molecule has 0 bridgehead atoms. The zero-order valence-electron chi connectivity index (χ0n) is 12.7. The van der Waals surface area contributed by atoms with E-state index in [1.807, 2.05) is 0 Å². The van der Waals surface area contributed by atoms with Gasteiger partial charge in [0, 0.05) is 10.7 Å². The summed E-state index contributed by atoms with van der Waals surface area (Å²) in [4.78, 5) is 0. The first-order valence-electron chi connectivity index (χ1n) is 7.92. The van der Waals surface area contributed by atoms with Crippen LogP contribution in [0.2, 0.25) is 0 Å². The van der Waals surface area contributed by atoms with Gasteiger partial charge >= 0.3 is 0 Å². The molecule has 0 amide bonds. The van der Waals surface area contributed by atoms with Crippen molar-refractivity contribution in [2.75, 3.05) is 10.7 Å². The average molecular weight is 404 g/mol. The van der Waals surface area contributed by atoms with E-state index in [1.54, 1.807) is 0 Å². The minimum absolute atomic E-state index is 0.367. The van der Waals surface area contributed by atoms with Gasteiger partial charge in [-0.1, -0.05) is 108 Å². The van der Waals surface area contributed by atoms with E-state index in [9.17, 15) is 0 Å². The fraction of sp³-hybridized carbons (Fsp3) is 0.667. The van der Waals surface area contributed by atoms with Crippen LogP contribution in [0, 0.1) is 5.41 Å². The highest BCUT2D eigenvalue weighted by Crippen LogP contribution is 2.34. The van der Waals surface area contributed by atoms with Gasteiger partial charge in [0.25, 0.3) is 0 Å². The largest absolute Gasteiger partial charge is 0.0922 e. The van der Waals surface area contributed by atoms with Crippen molar-refractivity contribution in [1.82, 2.24) is 0 Å². The first-order valence-corrected chi connectivity index (χ1v) is 10.2. The second-order valence-electron chi connectivity index (χ2n) is 5.95. The number of unbranched alkanes of at least 4 members (excludes halogenated alkanes) is 5. The number of hydrogen-bond acceptors (Lipinski definition) is 0. The van der Waals surface area contributed by atoms with Crippen molar-refractivity contribution in [2.45, 2.75) is 58.3 Å². The Balaban J connectivity index is 2.41. The van der Waals surface area contributed by atoms with E-state index in [4.69, 9.17) is 0 Å². The SMILES string of the molecule is CCCCCCCCC(CBr)(CBr)Cc1ccccc1. The van der Waals surface area contributed by atoms with Crippen LogP contribution >= 0.6 is 31.9 Å². The highest BCUT2D eigenvalue weighted by atomic mass is 79.9. The third-order valence-corrected chi connectivity index (χ3v) is 6.43. The van der Waals surface area contributed by atoms with Crippen molar-refractivity contribution < 1.29 is 0 Å². The standard InChI is InChI=1S/C18H28Br2/c1-2-3-4-5-6-10-13-18(15-19,16-20)14-17-11-8-7-9-12-17/h7-9,11-12H,2-6,10,13-16H2,1H3. The third-order valence-electron chi connectivity index (χ3n) is 4.05. The van der Waals surface area contributed by atoms with Gasteiger partial charge in [-0.3, -0.25) is 0 Å². The molecule has 0 fully saturated rings. The van der Waals surface area contributed by atoms with Crippen molar-refractivity contribution in [3.05, 3.63) is 35.9 Å². The van der Waals surface area contributed by atoms with Gasteiger partial charge in [0.2, 0.25) is 0 Å². The lowest BCUT2D eigenvalue weighted by Crippen LogP contribution is -2.27. The molecule has 0 unspecified atom stereocenters. The molecule has 2 heteroatoms. The second-order valence-corrected chi connectivity index (χ2v) is 7.07. The third kappa shape index (κ3) is 6.76. The van der Waals surface area contributed by atoms with E-state index in [1.165, 1.54) is 56.9 Å². The van der Waals surface area contributed by atoms with E-state index >= 15 is 0 Å². The number of hydrogen-bond donors (Lipinski definition) is 0. The van der Waals surface area contributed by atoms with Crippen molar-refractivity contribution in [2.24, 2.45) is 5.41 Å². The Morgan fingerprint density at radius 3 is 2.05 bits per heavy atom. The molecule has 0 atom stereocenters. The molecular weight excluding hydrogens is 376 g/mol. The first kappa shape index (κ1) is 18.2. The molecule has 0 aliphatic rings. The molecule has 0 saturated carbocycles. The van der Waals surface area contributed by atoms with E-state index in [0.717, 1.165) is 10.7 Å². The van der Waals surface area contributed by atoms with E-state index in [-0.39, 0.29) is 0 Å². The van der Waals surface area contributed by atoms with Crippen molar-refractivity contribution in [1.29, 1.82) is 0 Å². The quantitative estimate of drug-likeness (QED) is 0.283. The predicted octanol–water partition coefficient (Wildman–Crippen LogP) is 6.76. The normalized spacial score (nSPS) is 11.8.